The van der Waals surface area contributed by atoms with Crippen LogP contribution in [0.1, 0.15) is 77.5 Å². The second-order valence-corrected chi connectivity index (χ2v) is 16.1. The van der Waals surface area contributed by atoms with Crippen LogP contribution < -0.4 is 20.1 Å². The molecule has 5 heterocycles. The van der Waals surface area contributed by atoms with Crippen LogP contribution in [0.5, 0.6) is 11.5 Å². The van der Waals surface area contributed by atoms with Crippen LogP contribution in [-0.4, -0.2) is 123 Å². The Morgan fingerprint density at radius 1 is 0.831 bits per heavy atom. The summed E-state index contributed by atoms with van der Waals surface area (Å²) in [6, 6.07) is 6.20. The molecule has 1 saturated heterocycles. The van der Waals surface area contributed by atoms with E-state index in [-0.39, 0.29) is 54.0 Å². The van der Waals surface area contributed by atoms with Gasteiger partial charge in [0.1, 0.15) is 27.4 Å². The first-order chi connectivity index (χ1) is 31.4. The largest absolute Gasteiger partial charge is 0.494 e. The van der Waals surface area contributed by atoms with E-state index < -0.39 is 29.6 Å². The summed E-state index contributed by atoms with van der Waals surface area (Å²) >= 11 is 1.28. The summed E-state index contributed by atoms with van der Waals surface area (Å²) in [7, 11) is 4.01. The van der Waals surface area contributed by atoms with Crippen LogP contribution in [-0.2, 0) is 40.3 Å². The number of thiazole rings is 1. The van der Waals surface area contributed by atoms with Gasteiger partial charge in [0.15, 0.2) is 11.5 Å². The van der Waals surface area contributed by atoms with Crippen molar-refractivity contribution in [2.45, 2.75) is 60.2 Å². The fourth-order valence-corrected chi connectivity index (χ4v) is 8.51. The van der Waals surface area contributed by atoms with Gasteiger partial charge in [0.2, 0.25) is 11.9 Å². The van der Waals surface area contributed by atoms with Crippen molar-refractivity contribution in [2.75, 3.05) is 71.4 Å². The van der Waals surface area contributed by atoms with Crippen LogP contribution >= 0.6 is 11.3 Å². The van der Waals surface area contributed by atoms with E-state index in [1.165, 1.54) is 56.4 Å². The molecule has 0 bridgehead atoms. The summed E-state index contributed by atoms with van der Waals surface area (Å²) < 4.78 is 47.7. The number of allylic oxidation sites excluding steroid dienone is 2. The monoisotopic (exact) mass is 914 g/mol. The predicted molar refractivity (Wildman–Crippen MR) is 240 cm³/mol. The van der Waals surface area contributed by atoms with E-state index in [4.69, 9.17) is 33.7 Å². The molecular formula is C44H51FN10O9S. The zero-order valence-corrected chi connectivity index (χ0v) is 38.1. The SMILES string of the molecule is CCc1nc(C)sc1C(=O)Nc1nc2cc(C(=O)OC)cc(OC)c2n1C/C=C/Cn1c(NC(=O)c2c(F)c(C)nn2CC)nc2cc(C(=O)OC)cc(OCCCN3CCOCC3)c21. The smallest absolute Gasteiger partial charge is 0.338 e. The van der Waals surface area contributed by atoms with Gasteiger partial charge in [-0.25, -0.2) is 28.9 Å². The van der Waals surface area contributed by atoms with Crippen molar-refractivity contribution >= 4 is 69.1 Å². The van der Waals surface area contributed by atoms with Crippen molar-refractivity contribution in [3.05, 3.63) is 80.3 Å². The van der Waals surface area contributed by atoms with E-state index in [9.17, 15) is 19.2 Å². The lowest BCUT2D eigenvalue weighted by Crippen LogP contribution is -2.37. The molecule has 1 aliphatic heterocycles. The fraction of sp³-hybridized carbons (Fsp3) is 0.409. The highest BCUT2D eigenvalue weighted by molar-refractivity contribution is 7.13. The molecule has 2 amide bonds. The maximum absolute atomic E-state index is 15.4. The second kappa shape index (κ2) is 20.4. The Labute approximate surface area is 377 Å². The van der Waals surface area contributed by atoms with Crippen LogP contribution in [0.15, 0.2) is 36.4 Å². The van der Waals surface area contributed by atoms with E-state index in [1.54, 1.807) is 28.2 Å². The molecular weight excluding hydrogens is 864 g/mol. The minimum atomic E-state index is -0.780. The van der Waals surface area contributed by atoms with Gasteiger partial charge in [-0.1, -0.05) is 19.1 Å². The summed E-state index contributed by atoms with van der Waals surface area (Å²) in [4.78, 5) is 69.9. The van der Waals surface area contributed by atoms with Crippen molar-refractivity contribution in [3.8, 4) is 11.5 Å². The Morgan fingerprint density at radius 3 is 1.98 bits per heavy atom. The number of esters is 2. The number of hydrogen-bond donors (Lipinski definition) is 2. The van der Waals surface area contributed by atoms with Gasteiger partial charge in [-0.05, 0) is 57.9 Å². The number of methoxy groups -OCH3 is 3. The molecule has 21 heteroatoms. The topological polar surface area (TPSA) is 208 Å². The number of fused-ring (bicyclic) bond motifs is 2. The summed E-state index contributed by atoms with van der Waals surface area (Å²) in [5.74, 6) is -2.30. The highest BCUT2D eigenvalue weighted by atomic mass is 32.1. The molecule has 0 unspecified atom stereocenters. The predicted octanol–water partition coefficient (Wildman–Crippen LogP) is 5.82. The van der Waals surface area contributed by atoms with Gasteiger partial charge in [-0.3, -0.25) is 29.8 Å². The maximum atomic E-state index is 15.4. The number of benzene rings is 2. The highest BCUT2D eigenvalue weighted by Crippen LogP contribution is 2.34. The minimum Gasteiger partial charge on any atom is -0.494 e. The average molecular weight is 915 g/mol. The molecule has 4 aromatic heterocycles. The number of hydrogen-bond acceptors (Lipinski definition) is 15. The van der Waals surface area contributed by atoms with Crippen LogP contribution in [0.2, 0.25) is 0 Å². The number of anilines is 2. The number of imidazole rings is 2. The van der Waals surface area contributed by atoms with Crippen molar-refractivity contribution < 1.29 is 47.3 Å². The van der Waals surface area contributed by atoms with Crippen LogP contribution in [0, 0.1) is 19.7 Å². The van der Waals surface area contributed by atoms with Gasteiger partial charge in [-0.2, -0.15) is 5.10 Å². The molecule has 2 N–H and O–H groups in total. The van der Waals surface area contributed by atoms with E-state index in [0.717, 1.165) is 24.6 Å². The number of amides is 2. The van der Waals surface area contributed by atoms with E-state index >= 15 is 4.39 Å². The summed E-state index contributed by atoms with van der Waals surface area (Å²) in [6.45, 7) is 11.5. The lowest BCUT2D eigenvalue weighted by Gasteiger charge is -2.26. The Balaban J connectivity index is 1.27. The van der Waals surface area contributed by atoms with Gasteiger partial charge in [0.25, 0.3) is 11.8 Å². The van der Waals surface area contributed by atoms with Crippen LogP contribution in [0.25, 0.3) is 22.1 Å². The summed E-state index contributed by atoms with van der Waals surface area (Å²) in [5.41, 5.74) is 2.45. The Hall–Kier alpha value is -6.71. The number of ether oxygens (including phenoxy) is 5. The van der Waals surface area contributed by atoms with E-state index in [2.05, 4.69) is 25.6 Å². The molecule has 344 valence electrons. The van der Waals surface area contributed by atoms with Gasteiger partial charge >= 0.3 is 11.9 Å². The van der Waals surface area contributed by atoms with E-state index in [0.29, 0.717) is 76.8 Å². The van der Waals surface area contributed by atoms with Gasteiger partial charge in [0, 0.05) is 39.3 Å². The van der Waals surface area contributed by atoms with Gasteiger partial charge in [-0.15, -0.1) is 11.3 Å². The standard InChI is InChI=1S/C44H51FN10O9S/c1-8-29-38(65-26(4)46-29)40(57)50-44-47-30-21-27(41(58)61-6)23-32(60-5)35(30)53(44)14-10-11-15-54-36-31(48-43(54)49-39(56)37-34(45)25(3)51-55(37)9-2)22-28(42(59)62-7)24-33(36)64-18-12-13-52-16-19-63-20-17-52/h10-11,21-24H,8-9,12-20H2,1-7H3,(H,47,50,57)(H,48,49,56)/b11-10+. The summed E-state index contributed by atoms with van der Waals surface area (Å²) in [6.07, 6.45) is 4.85. The Bertz CT molecular complexity index is 2790. The molecule has 7 rings (SSSR count). The molecule has 2 aromatic carbocycles. The van der Waals surface area contributed by atoms with Crippen molar-refractivity contribution in [3.63, 3.8) is 0 Å². The molecule has 1 fully saturated rings. The van der Waals surface area contributed by atoms with E-state index in [1.807, 2.05) is 26.0 Å². The number of nitrogens with one attached hydrogen (secondary N) is 2. The third-order valence-corrected chi connectivity index (χ3v) is 11.8. The Kier molecular flexibility index (Phi) is 14.5. The molecule has 0 atom stereocenters. The minimum absolute atomic E-state index is 0.0420. The zero-order valence-electron chi connectivity index (χ0n) is 37.3. The number of nitrogens with zero attached hydrogens (tertiary/aromatic N) is 8. The molecule has 65 heavy (non-hydrogen) atoms. The first kappa shape index (κ1) is 46.3. The number of aryl methyl sites for hydroxylation is 4. The molecule has 1 aliphatic rings. The first-order valence-corrected chi connectivity index (χ1v) is 21.9. The lowest BCUT2D eigenvalue weighted by atomic mass is 10.2. The van der Waals surface area contributed by atoms with Crippen LogP contribution in [0.4, 0.5) is 16.3 Å². The lowest BCUT2D eigenvalue weighted by molar-refractivity contribution is 0.0358. The van der Waals surface area contributed by atoms with Gasteiger partial charge in [0.05, 0.1) is 79.7 Å². The number of morpholine rings is 1. The van der Waals surface area contributed by atoms with Crippen molar-refractivity contribution in [1.29, 1.82) is 0 Å². The quantitative estimate of drug-likeness (QED) is 0.0592. The molecule has 6 aromatic rings. The van der Waals surface area contributed by atoms with Gasteiger partial charge < -0.3 is 32.8 Å². The molecule has 0 aliphatic carbocycles. The number of carbonyl (C=O) groups excluding carboxylic acids is 4. The second-order valence-electron chi connectivity index (χ2n) is 14.9. The number of halogens is 1. The molecule has 0 saturated carbocycles. The highest BCUT2D eigenvalue weighted by Gasteiger charge is 2.27. The molecule has 0 radical (unpaired) electrons. The first-order valence-electron chi connectivity index (χ1n) is 21.1. The summed E-state index contributed by atoms with van der Waals surface area (Å²) in [5, 5.41) is 10.6. The van der Waals surface area contributed by atoms with Crippen molar-refractivity contribution in [2.24, 2.45) is 0 Å². The number of rotatable bonds is 18. The maximum Gasteiger partial charge on any atom is 0.338 e. The third kappa shape index (κ3) is 9.86. The van der Waals surface area contributed by atoms with Crippen molar-refractivity contribution in [1.82, 2.24) is 38.8 Å². The fourth-order valence-electron chi connectivity index (χ4n) is 7.61. The molecule has 19 nitrogen and oxygen atoms in total. The third-order valence-electron chi connectivity index (χ3n) is 10.8. The number of carbonyl (C=O) groups is 4. The normalized spacial score (nSPS) is 13.2. The van der Waals surface area contributed by atoms with Crippen LogP contribution in [0.3, 0.4) is 0 Å². The molecule has 0 spiro atoms. The Morgan fingerprint density at radius 2 is 1.42 bits per heavy atom. The number of aromatic nitrogens is 7. The zero-order chi connectivity index (χ0) is 46.4. The average Bonchev–Trinajstić information content (AvgIpc) is 4.06.